The number of fused-ring (bicyclic) bond motifs is 3. The fourth-order valence-electron chi connectivity index (χ4n) is 4.95. The maximum Gasteiger partial charge on any atom is 0.193 e. The van der Waals surface area contributed by atoms with Gasteiger partial charge in [-0.25, -0.2) is 0 Å². The van der Waals surface area contributed by atoms with Gasteiger partial charge in [-0.05, 0) is 59.0 Å². The summed E-state index contributed by atoms with van der Waals surface area (Å²) in [4.78, 5) is 15.8. The molecular formula is C24H23N3O. The molecule has 1 N–H and O–H groups in total. The Bertz CT molecular complexity index is 1080. The summed E-state index contributed by atoms with van der Waals surface area (Å²) < 4.78 is 0. The summed E-state index contributed by atoms with van der Waals surface area (Å²) in [6, 6.07) is 14.3. The number of nitrogens with zero attached hydrogens (tertiary/aromatic N) is 2. The second-order valence-corrected chi connectivity index (χ2v) is 8.44. The number of carbonyl (C=O) groups is 1. The van der Waals surface area contributed by atoms with Gasteiger partial charge in [-0.15, -0.1) is 0 Å². The van der Waals surface area contributed by atoms with Crippen molar-refractivity contribution in [3.05, 3.63) is 69.8 Å². The third-order valence-electron chi connectivity index (χ3n) is 6.56. The Morgan fingerprint density at radius 1 is 1.07 bits per heavy atom. The van der Waals surface area contributed by atoms with Crippen molar-refractivity contribution in [2.45, 2.75) is 25.7 Å². The molecule has 0 atom stereocenters. The molecule has 2 aliphatic carbocycles. The number of nitrogens with one attached hydrogen (secondary N) is 1. The molecule has 0 saturated carbocycles. The maximum absolute atomic E-state index is 13.4. The van der Waals surface area contributed by atoms with Gasteiger partial charge in [0, 0.05) is 48.4 Å². The normalized spacial score (nSPS) is 19.8. The molecule has 3 aliphatic rings. The molecule has 0 radical (unpaired) electrons. The predicted octanol–water partition coefficient (Wildman–Crippen LogP) is 3.45. The Hall–Kier alpha value is -2.90. The smallest absolute Gasteiger partial charge is 0.193 e. The highest BCUT2D eigenvalue weighted by molar-refractivity contribution is 6.33. The average Bonchev–Trinajstić information content (AvgIpc) is 3.12. The third-order valence-corrected chi connectivity index (χ3v) is 6.56. The number of allylic oxidation sites excluding steroid dienone is 2. The number of carbonyl (C=O) groups excluding carboxylic acids is 1. The quantitative estimate of drug-likeness (QED) is 0.836. The Labute approximate surface area is 165 Å². The number of ketones is 1. The molecule has 0 amide bonds. The van der Waals surface area contributed by atoms with Gasteiger partial charge in [-0.1, -0.05) is 19.9 Å². The zero-order valence-corrected chi connectivity index (χ0v) is 16.3. The highest BCUT2D eigenvalue weighted by Gasteiger charge is 2.43. The molecule has 0 spiro atoms. The van der Waals surface area contributed by atoms with Crippen LogP contribution in [0.3, 0.4) is 0 Å². The Kier molecular flexibility index (Phi) is 3.72. The minimum absolute atomic E-state index is 0.125. The van der Waals surface area contributed by atoms with Crippen molar-refractivity contribution in [1.82, 2.24) is 5.32 Å². The van der Waals surface area contributed by atoms with E-state index in [1.54, 1.807) is 0 Å². The minimum atomic E-state index is -0.214. The van der Waals surface area contributed by atoms with Crippen LogP contribution in [0.25, 0.3) is 5.57 Å². The van der Waals surface area contributed by atoms with Gasteiger partial charge in [0.1, 0.15) is 0 Å². The van der Waals surface area contributed by atoms with Gasteiger partial charge in [0.15, 0.2) is 5.78 Å². The zero-order chi connectivity index (χ0) is 19.5. The van der Waals surface area contributed by atoms with Crippen LogP contribution in [0.4, 0.5) is 5.69 Å². The molecule has 2 aromatic rings. The van der Waals surface area contributed by atoms with Gasteiger partial charge in [0.25, 0.3) is 0 Å². The molecule has 0 aromatic heterocycles. The van der Waals surface area contributed by atoms with Gasteiger partial charge in [0.2, 0.25) is 0 Å². The lowest BCUT2D eigenvalue weighted by Gasteiger charge is -2.36. The predicted molar refractivity (Wildman–Crippen MR) is 111 cm³/mol. The van der Waals surface area contributed by atoms with E-state index >= 15 is 0 Å². The molecule has 28 heavy (non-hydrogen) atoms. The number of piperazine rings is 1. The van der Waals surface area contributed by atoms with Crippen molar-refractivity contribution in [3.63, 3.8) is 0 Å². The van der Waals surface area contributed by atoms with Gasteiger partial charge < -0.3 is 10.2 Å². The summed E-state index contributed by atoms with van der Waals surface area (Å²) in [7, 11) is 0. The van der Waals surface area contributed by atoms with Crippen molar-refractivity contribution in [2.24, 2.45) is 0 Å². The standard InChI is InChI=1S/C24H23N3O/c1-24(2)20-13-17(27-9-7-26-8-10-27)4-6-19(20)23(28)22-18-5-3-15(14-25)11-16(18)12-21(22)24/h3-6,11,13,26H,7-10,12H2,1-2H3. The number of nitriles is 1. The summed E-state index contributed by atoms with van der Waals surface area (Å²) >= 11 is 0. The van der Waals surface area contributed by atoms with E-state index < -0.39 is 0 Å². The van der Waals surface area contributed by atoms with Crippen LogP contribution >= 0.6 is 0 Å². The first-order chi connectivity index (χ1) is 13.5. The molecule has 5 rings (SSSR count). The molecular weight excluding hydrogens is 346 g/mol. The summed E-state index contributed by atoms with van der Waals surface area (Å²) in [5.41, 5.74) is 7.73. The van der Waals surface area contributed by atoms with E-state index in [9.17, 15) is 10.1 Å². The zero-order valence-electron chi connectivity index (χ0n) is 16.3. The maximum atomic E-state index is 13.4. The van der Waals surface area contributed by atoms with E-state index in [4.69, 9.17) is 0 Å². The van der Waals surface area contributed by atoms with Crippen molar-refractivity contribution in [2.75, 3.05) is 31.1 Å². The minimum Gasteiger partial charge on any atom is -0.369 e. The molecule has 140 valence electrons. The molecule has 1 aliphatic heterocycles. The third kappa shape index (κ3) is 2.36. The lowest BCUT2D eigenvalue weighted by Crippen LogP contribution is -2.43. The Morgan fingerprint density at radius 2 is 1.82 bits per heavy atom. The SMILES string of the molecule is CC1(C)C2=C(C(=O)c3ccc(N4CCNCC4)cc31)c1ccc(C#N)cc1C2. The van der Waals surface area contributed by atoms with Crippen molar-refractivity contribution in [3.8, 4) is 6.07 Å². The van der Waals surface area contributed by atoms with Gasteiger partial charge >= 0.3 is 0 Å². The van der Waals surface area contributed by atoms with E-state index in [-0.39, 0.29) is 11.2 Å². The molecule has 1 saturated heterocycles. The molecule has 4 nitrogen and oxygen atoms in total. The number of benzene rings is 2. The number of hydrogen-bond donors (Lipinski definition) is 1. The first-order valence-electron chi connectivity index (χ1n) is 9.92. The Morgan fingerprint density at radius 3 is 2.57 bits per heavy atom. The number of anilines is 1. The Balaban J connectivity index is 1.62. The summed E-state index contributed by atoms with van der Waals surface area (Å²) in [6.45, 7) is 8.42. The number of Topliss-reactive ketones (excluding diaryl/α,β-unsaturated/α-hetero) is 1. The molecule has 1 fully saturated rings. The van der Waals surface area contributed by atoms with Crippen molar-refractivity contribution >= 4 is 17.0 Å². The van der Waals surface area contributed by atoms with E-state index in [0.29, 0.717) is 5.56 Å². The van der Waals surface area contributed by atoms with E-state index in [0.717, 1.165) is 60.4 Å². The van der Waals surface area contributed by atoms with Crippen LogP contribution in [0.2, 0.25) is 0 Å². The van der Waals surface area contributed by atoms with Crippen LogP contribution in [0.5, 0.6) is 0 Å². The van der Waals surface area contributed by atoms with Crippen molar-refractivity contribution < 1.29 is 4.79 Å². The van der Waals surface area contributed by atoms with Crippen LogP contribution in [0.15, 0.2) is 42.0 Å². The van der Waals surface area contributed by atoms with Crippen LogP contribution < -0.4 is 10.2 Å². The lowest BCUT2D eigenvalue weighted by molar-refractivity contribution is 0.105. The van der Waals surface area contributed by atoms with Crippen LogP contribution in [-0.4, -0.2) is 32.0 Å². The molecule has 2 aromatic carbocycles. The van der Waals surface area contributed by atoms with Gasteiger partial charge in [-0.2, -0.15) is 5.26 Å². The second-order valence-electron chi connectivity index (χ2n) is 8.44. The summed E-state index contributed by atoms with van der Waals surface area (Å²) in [5.74, 6) is 0.125. The number of hydrogen-bond acceptors (Lipinski definition) is 4. The molecule has 4 heteroatoms. The highest BCUT2D eigenvalue weighted by atomic mass is 16.1. The largest absolute Gasteiger partial charge is 0.369 e. The fourth-order valence-corrected chi connectivity index (χ4v) is 4.95. The number of rotatable bonds is 1. The lowest BCUT2D eigenvalue weighted by atomic mass is 9.68. The highest BCUT2D eigenvalue weighted by Crippen LogP contribution is 2.50. The van der Waals surface area contributed by atoms with Gasteiger partial charge in [-0.3, -0.25) is 4.79 Å². The molecule has 0 unspecified atom stereocenters. The topological polar surface area (TPSA) is 56.1 Å². The fraction of sp³-hybridized carbons (Fsp3) is 0.333. The van der Waals surface area contributed by atoms with Crippen LogP contribution in [0.1, 0.15) is 46.5 Å². The van der Waals surface area contributed by atoms with E-state index in [2.05, 4.69) is 42.3 Å². The van der Waals surface area contributed by atoms with Gasteiger partial charge in [0.05, 0.1) is 11.6 Å². The van der Waals surface area contributed by atoms with Crippen LogP contribution in [-0.2, 0) is 11.8 Å². The van der Waals surface area contributed by atoms with E-state index in [1.807, 2.05) is 24.3 Å². The summed E-state index contributed by atoms with van der Waals surface area (Å²) in [6.07, 6.45) is 0.746. The first-order valence-corrected chi connectivity index (χ1v) is 9.92. The summed E-state index contributed by atoms with van der Waals surface area (Å²) in [5, 5.41) is 12.6. The average molecular weight is 369 g/mol. The monoisotopic (exact) mass is 369 g/mol. The second kappa shape index (κ2) is 6.05. The molecule has 1 heterocycles. The van der Waals surface area contributed by atoms with E-state index in [1.165, 1.54) is 11.3 Å². The van der Waals surface area contributed by atoms with Crippen LogP contribution in [0, 0.1) is 11.3 Å². The van der Waals surface area contributed by atoms with Crippen molar-refractivity contribution in [1.29, 1.82) is 5.26 Å². The first kappa shape index (κ1) is 17.2. The molecule has 0 bridgehead atoms.